The van der Waals surface area contributed by atoms with Crippen LogP contribution in [0.3, 0.4) is 0 Å². The van der Waals surface area contributed by atoms with E-state index in [9.17, 15) is 5.26 Å². The molecule has 0 atom stereocenters. The van der Waals surface area contributed by atoms with E-state index in [1.807, 2.05) is 67.0 Å². The molecule has 2 aromatic heterocycles. The molecule has 0 aliphatic carbocycles. The fourth-order valence-electron chi connectivity index (χ4n) is 4.57. The summed E-state index contributed by atoms with van der Waals surface area (Å²) in [4.78, 5) is 11.4. The van der Waals surface area contributed by atoms with E-state index in [0.717, 1.165) is 48.3 Å². The lowest BCUT2D eigenvalue weighted by atomic mass is 9.68. The predicted molar refractivity (Wildman–Crippen MR) is 120 cm³/mol. The molecule has 0 unspecified atom stereocenters. The number of nitrogens with zero attached hydrogens (tertiary/aromatic N) is 3. The Morgan fingerprint density at radius 2 is 1.17 bits per heavy atom. The number of benzene rings is 3. The summed E-state index contributed by atoms with van der Waals surface area (Å²) in [6.45, 7) is 0. The van der Waals surface area contributed by atoms with Crippen LogP contribution < -0.4 is 0 Å². The Morgan fingerprint density at radius 1 is 0.667 bits per heavy atom. The van der Waals surface area contributed by atoms with Crippen molar-refractivity contribution >= 4 is 33.6 Å². The van der Waals surface area contributed by atoms with Crippen LogP contribution in [0, 0.1) is 11.3 Å². The lowest BCUT2D eigenvalue weighted by Gasteiger charge is -2.37. The number of nitriles is 1. The smallest absolute Gasteiger partial charge is 0.136 e. The summed E-state index contributed by atoms with van der Waals surface area (Å²) >= 11 is 1.65. The second kappa shape index (κ2) is 6.41. The Labute approximate surface area is 178 Å². The van der Waals surface area contributed by atoms with Crippen molar-refractivity contribution in [3.05, 3.63) is 108 Å². The molecule has 0 N–H and O–H groups in total. The zero-order valence-electron chi connectivity index (χ0n) is 15.9. The molecule has 4 heteroatoms. The van der Waals surface area contributed by atoms with Crippen LogP contribution in [-0.2, 0) is 5.41 Å². The van der Waals surface area contributed by atoms with E-state index in [4.69, 9.17) is 0 Å². The van der Waals surface area contributed by atoms with E-state index >= 15 is 0 Å². The number of pyridine rings is 2. The predicted octanol–water partition coefficient (Wildman–Crippen LogP) is 6.11. The summed E-state index contributed by atoms with van der Waals surface area (Å²) in [5.41, 5.74) is 3.82. The molecule has 0 amide bonds. The van der Waals surface area contributed by atoms with Crippen LogP contribution in [0.1, 0.15) is 16.7 Å². The molecular formula is C26H15N3S. The van der Waals surface area contributed by atoms with Crippen LogP contribution in [0.25, 0.3) is 21.8 Å². The zero-order valence-corrected chi connectivity index (χ0v) is 16.7. The van der Waals surface area contributed by atoms with E-state index in [1.54, 1.807) is 11.8 Å². The van der Waals surface area contributed by atoms with Gasteiger partial charge in [0, 0.05) is 44.1 Å². The summed E-state index contributed by atoms with van der Waals surface area (Å²) in [7, 11) is 0. The van der Waals surface area contributed by atoms with Crippen LogP contribution in [0.5, 0.6) is 0 Å². The van der Waals surface area contributed by atoms with Gasteiger partial charge in [0.2, 0.25) is 0 Å². The van der Waals surface area contributed by atoms with Gasteiger partial charge in [0.15, 0.2) is 0 Å². The Kier molecular flexibility index (Phi) is 3.68. The lowest BCUT2D eigenvalue weighted by Crippen LogP contribution is -2.32. The molecule has 3 nitrogen and oxygen atoms in total. The maximum atomic E-state index is 10.9. The first-order chi connectivity index (χ1) is 14.8. The van der Waals surface area contributed by atoms with Crippen LogP contribution in [0.2, 0.25) is 0 Å². The monoisotopic (exact) mass is 401 g/mol. The standard InChI is InChI=1S/C26H15N3S/c27-16-26(17-8-2-1-3-9-17)24-18-10-4-6-12-20(18)28-14-22(24)30-23-15-29-21-13-7-5-11-19(21)25(23)26/h1-15H. The van der Waals surface area contributed by atoms with Crippen molar-refractivity contribution in [2.75, 3.05) is 0 Å². The highest BCUT2D eigenvalue weighted by atomic mass is 32.2. The minimum absolute atomic E-state index is 0.897. The van der Waals surface area contributed by atoms with E-state index < -0.39 is 5.41 Å². The molecule has 30 heavy (non-hydrogen) atoms. The van der Waals surface area contributed by atoms with Gasteiger partial charge in [-0.05, 0) is 17.7 Å². The van der Waals surface area contributed by atoms with Gasteiger partial charge in [-0.3, -0.25) is 9.97 Å². The maximum absolute atomic E-state index is 10.9. The van der Waals surface area contributed by atoms with Gasteiger partial charge >= 0.3 is 0 Å². The molecule has 1 aliphatic heterocycles. The largest absolute Gasteiger partial charge is 0.255 e. The van der Waals surface area contributed by atoms with Crippen molar-refractivity contribution in [3.8, 4) is 6.07 Å². The fourth-order valence-corrected chi connectivity index (χ4v) is 5.75. The molecule has 6 rings (SSSR count). The molecule has 3 aromatic carbocycles. The highest BCUT2D eigenvalue weighted by Crippen LogP contribution is 2.55. The molecule has 0 radical (unpaired) electrons. The van der Waals surface area contributed by atoms with Crippen LogP contribution in [0.15, 0.2) is 101 Å². The first-order valence-corrected chi connectivity index (χ1v) is 10.6. The van der Waals surface area contributed by atoms with E-state index in [0.29, 0.717) is 0 Å². The van der Waals surface area contributed by atoms with E-state index in [2.05, 4.69) is 40.3 Å². The summed E-state index contributed by atoms with van der Waals surface area (Å²) in [6, 6.07) is 29.0. The third-order valence-electron chi connectivity index (χ3n) is 5.83. The summed E-state index contributed by atoms with van der Waals surface area (Å²) in [6.07, 6.45) is 3.80. The summed E-state index contributed by atoms with van der Waals surface area (Å²) in [5.74, 6) is 0. The van der Waals surface area contributed by atoms with Gasteiger partial charge < -0.3 is 0 Å². The van der Waals surface area contributed by atoms with Crippen LogP contribution >= 0.6 is 11.8 Å². The number of aromatic nitrogens is 2. The SMILES string of the molecule is N#CC1(c2ccccc2)c2c(cnc3ccccc23)Sc2cnc3ccccc3c21. The van der Waals surface area contributed by atoms with Gasteiger partial charge in [0.25, 0.3) is 0 Å². The zero-order chi connectivity index (χ0) is 20.1. The fraction of sp³-hybridized carbons (Fsp3) is 0.0385. The summed E-state index contributed by atoms with van der Waals surface area (Å²) < 4.78 is 0. The van der Waals surface area contributed by atoms with Crippen LogP contribution in [0.4, 0.5) is 0 Å². The van der Waals surface area contributed by atoms with Gasteiger partial charge in [0.1, 0.15) is 5.41 Å². The van der Waals surface area contributed by atoms with Gasteiger partial charge in [-0.1, -0.05) is 78.5 Å². The van der Waals surface area contributed by atoms with E-state index in [-0.39, 0.29) is 0 Å². The minimum atomic E-state index is -0.956. The van der Waals surface area contributed by atoms with Crippen molar-refractivity contribution in [3.63, 3.8) is 0 Å². The topological polar surface area (TPSA) is 49.6 Å². The van der Waals surface area contributed by atoms with Gasteiger partial charge in [-0.2, -0.15) is 5.26 Å². The first-order valence-electron chi connectivity index (χ1n) is 9.74. The Hall–Kier alpha value is -3.68. The molecular weight excluding hydrogens is 386 g/mol. The summed E-state index contributed by atoms with van der Waals surface area (Å²) in [5, 5.41) is 12.9. The first kappa shape index (κ1) is 17.2. The number of fused-ring (bicyclic) bond motifs is 6. The minimum Gasteiger partial charge on any atom is -0.255 e. The molecule has 0 saturated carbocycles. The quantitative estimate of drug-likeness (QED) is 0.340. The molecule has 0 spiro atoms. The number of hydrogen-bond acceptors (Lipinski definition) is 4. The Balaban J connectivity index is 1.87. The second-order valence-corrected chi connectivity index (χ2v) is 8.44. The van der Waals surface area contributed by atoms with Crippen molar-refractivity contribution in [1.29, 1.82) is 5.26 Å². The van der Waals surface area contributed by atoms with Crippen molar-refractivity contribution in [2.45, 2.75) is 15.2 Å². The average molecular weight is 401 g/mol. The van der Waals surface area contributed by atoms with Crippen molar-refractivity contribution < 1.29 is 0 Å². The Morgan fingerprint density at radius 3 is 1.70 bits per heavy atom. The van der Waals surface area contributed by atoms with Gasteiger partial charge in [0.05, 0.1) is 17.1 Å². The highest BCUT2D eigenvalue weighted by molar-refractivity contribution is 7.99. The third kappa shape index (κ3) is 2.21. The average Bonchev–Trinajstić information content (AvgIpc) is 2.83. The third-order valence-corrected chi connectivity index (χ3v) is 6.88. The molecule has 1 aliphatic rings. The number of para-hydroxylation sites is 2. The highest BCUT2D eigenvalue weighted by Gasteiger charge is 2.46. The van der Waals surface area contributed by atoms with E-state index in [1.165, 1.54) is 0 Å². The number of rotatable bonds is 1. The molecule has 140 valence electrons. The van der Waals surface area contributed by atoms with Gasteiger partial charge in [-0.15, -0.1) is 0 Å². The van der Waals surface area contributed by atoms with Crippen LogP contribution in [-0.4, -0.2) is 9.97 Å². The molecule has 5 aromatic rings. The second-order valence-electron chi connectivity index (χ2n) is 7.36. The Bertz CT molecular complexity index is 1400. The maximum Gasteiger partial charge on any atom is 0.136 e. The lowest BCUT2D eigenvalue weighted by molar-refractivity contribution is 0.758. The number of hydrogen-bond donors (Lipinski definition) is 0. The normalized spacial score (nSPS) is 14.1. The molecule has 0 bridgehead atoms. The molecule has 3 heterocycles. The van der Waals surface area contributed by atoms with Crippen molar-refractivity contribution in [1.82, 2.24) is 9.97 Å². The molecule has 0 saturated heterocycles. The van der Waals surface area contributed by atoms with Gasteiger partial charge in [-0.25, -0.2) is 0 Å². The molecule has 0 fully saturated rings. The van der Waals surface area contributed by atoms with Crippen molar-refractivity contribution in [2.24, 2.45) is 0 Å².